The van der Waals surface area contributed by atoms with Crippen molar-refractivity contribution < 1.29 is 25.5 Å². The van der Waals surface area contributed by atoms with Crippen LogP contribution in [0.1, 0.15) is 26.7 Å². The van der Waals surface area contributed by atoms with Crippen molar-refractivity contribution in [2.24, 2.45) is 5.92 Å². The first-order chi connectivity index (χ1) is 6.99. The Morgan fingerprint density at radius 3 is 1.67 bits per heavy atom. The fourth-order valence-electron chi connectivity index (χ4n) is 1.43. The summed E-state index contributed by atoms with van der Waals surface area (Å²) in [7, 11) is 0. The standard InChI is InChI=1S/C10H22O5/c1-3-6(5-11)8(13)10(15)9(14)7(12)4-2/h6-15H,3-5H2,1-2H3. The largest absolute Gasteiger partial charge is 0.396 e. The minimum Gasteiger partial charge on any atom is -0.396 e. The summed E-state index contributed by atoms with van der Waals surface area (Å²) >= 11 is 0. The summed E-state index contributed by atoms with van der Waals surface area (Å²) in [5.41, 5.74) is 0. The maximum atomic E-state index is 9.61. The molecule has 92 valence electrons. The van der Waals surface area contributed by atoms with Crippen LogP contribution in [0.3, 0.4) is 0 Å². The predicted molar refractivity (Wildman–Crippen MR) is 55.2 cm³/mol. The number of aliphatic hydroxyl groups is 5. The number of hydrogen-bond acceptors (Lipinski definition) is 5. The smallest absolute Gasteiger partial charge is 0.109 e. The van der Waals surface area contributed by atoms with Crippen molar-refractivity contribution >= 4 is 0 Å². The first kappa shape index (κ1) is 14.8. The van der Waals surface area contributed by atoms with Gasteiger partial charge in [-0.3, -0.25) is 0 Å². The number of rotatable bonds is 7. The second-order valence-corrected chi connectivity index (χ2v) is 3.80. The average Bonchev–Trinajstić information content (AvgIpc) is 2.27. The van der Waals surface area contributed by atoms with Crippen LogP contribution in [-0.2, 0) is 0 Å². The van der Waals surface area contributed by atoms with Gasteiger partial charge >= 0.3 is 0 Å². The van der Waals surface area contributed by atoms with Crippen LogP contribution in [0.5, 0.6) is 0 Å². The van der Waals surface area contributed by atoms with Gasteiger partial charge in [0, 0.05) is 12.5 Å². The second kappa shape index (κ2) is 7.14. The van der Waals surface area contributed by atoms with Gasteiger partial charge in [-0.05, 0) is 12.8 Å². The van der Waals surface area contributed by atoms with Crippen LogP contribution in [0, 0.1) is 5.92 Å². The van der Waals surface area contributed by atoms with Gasteiger partial charge in [-0.1, -0.05) is 13.8 Å². The lowest BCUT2D eigenvalue weighted by molar-refractivity contribution is -0.124. The van der Waals surface area contributed by atoms with E-state index in [1.165, 1.54) is 0 Å². The van der Waals surface area contributed by atoms with Crippen molar-refractivity contribution in [2.75, 3.05) is 6.61 Å². The molecule has 0 radical (unpaired) electrons. The molecule has 0 amide bonds. The van der Waals surface area contributed by atoms with Crippen molar-refractivity contribution in [3.05, 3.63) is 0 Å². The lowest BCUT2D eigenvalue weighted by Gasteiger charge is -2.29. The van der Waals surface area contributed by atoms with E-state index in [-0.39, 0.29) is 6.61 Å². The van der Waals surface area contributed by atoms with E-state index in [1.54, 1.807) is 13.8 Å². The summed E-state index contributed by atoms with van der Waals surface area (Å²) in [5, 5.41) is 46.8. The monoisotopic (exact) mass is 222 g/mol. The van der Waals surface area contributed by atoms with Gasteiger partial charge in [0.2, 0.25) is 0 Å². The summed E-state index contributed by atoms with van der Waals surface area (Å²) in [6.45, 7) is 3.17. The van der Waals surface area contributed by atoms with Crippen molar-refractivity contribution in [2.45, 2.75) is 51.1 Å². The zero-order chi connectivity index (χ0) is 12.0. The Kier molecular flexibility index (Phi) is 7.04. The molecule has 15 heavy (non-hydrogen) atoms. The van der Waals surface area contributed by atoms with Gasteiger partial charge < -0.3 is 25.5 Å². The van der Waals surface area contributed by atoms with E-state index < -0.39 is 30.3 Å². The van der Waals surface area contributed by atoms with Crippen LogP contribution < -0.4 is 0 Å². The van der Waals surface area contributed by atoms with Crippen molar-refractivity contribution in [1.29, 1.82) is 0 Å². The zero-order valence-corrected chi connectivity index (χ0v) is 9.24. The van der Waals surface area contributed by atoms with Gasteiger partial charge in [-0.2, -0.15) is 0 Å². The molecule has 0 rings (SSSR count). The van der Waals surface area contributed by atoms with Crippen LogP contribution in [-0.4, -0.2) is 56.6 Å². The summed E-state index contributed by atoms with van der Waals surface area (Å²) in [5.74, 6) is -0.487. The molecule has 5 atom stereocenters. The third kappa shape index (κ3) is 4.04. The predicted octanol–water partition coefficient (Wildman–Crippen LogP) is -1.14. The molecular weight excluding hydrogens is 200 g/mol. The van der Waals surface area contributed by atoms with Crippen LogP contribution in [0.15, 0.2) is 0 Å². The maximum absolute atomic E-state index is 9.61. The quantitative estimate of drug-likeness (QED) is 0.375. The highest BCUT2D eigenvalue weighted by atomic mass is 16.4. The Morgan fingerprint density at radius 2 is 1.33 bits per heavy atom. The molecule has 5 N–H and O–H groups in total. The lowest BCUT2D eigenvalue weighted by Crippen LogP contribution is -2.47. The summed E-state index contributed by atoms with van der Waals surface area (Å²) in [4.78, 5) is 0. The van der Waals surface area contributed by atoms with E-state index >= 15 is 0 Å². The molecule has 0 aromatic carbocycles. The molecule has 0 aliphatic carbocycles. The molecule has 0 aromatic heterocycles. The molecule has 5 unspecified atom stereocenters. The Balaban J connectivity index is 4.34. The molecule has 5 heteroatoms. The summed E-state index contributed by atoms with van der Waals surface area (Å²) < 4.78 is 0. The summed E-state index contributed by atoms with van der Waals surface area (Å²) in [6, 6.07) is 0. The van der Waals surface area contributed by atoms with Gasteiger partial charge in [0.25, 0.3) is 0 Å². The number of hydrogen-bond donors (Lipinski definition) is 5. The number of aliphatic hydroxyl groups excluding tert-OH is 5. The normalized spacial score (nSPS) is 21.8. The molecule has 0 aliphatic heterocycles. The lowest BCUT2D eigenvalue weighted by atomic mass is 9.91. The fourth-order valence-corrected chi connectivity index (χ4v) is 1.43. The van der Waals surface area contributed by atoms with Gasteiger partial charge in [0.1, 0.15) is 12.2 Å². The molecule has 0 fully saturated rings. The zero-order valence-electron chi connectivity index (χ0n) is 9.24. The van der Waals surface area contributed by atoms with E-state index in [9.17, 15) is 20.4 Å². The van der Waals surface area contributed by atoms with E-state index in [0.29, 0.717) is 12.8 Å². The van der Waals surface area contributed by atoms with Crippen LogP contribution in [0.25, 0.3) is 0 Å². The molecule has 0 aromatic rings. The van der Waals surface area contributed by atoms with Crippen molar-refractivity contribution in [3.63, 3.8) is 0 Å². The third-order valence-electron chi connectivity index (χ3n) is 2.75. The van der Waals surface area contributed by atoms with Gasteiger partial charge in [-0.25, -0.2) is 0 Å². The molecule has 0 aliphatic rings. The first-order valence-corrected chi connectivity index (χ1v) is 5.32. The Bertz CT molecular complexity index is 160. The highest BCUT2D eigenvalue weighted by Gasteiger charge is 2.33. The first-order valence-electron chi connectivity index (χ1n) is 5.32. The molecule has 0 saturated carbocycles. The van der Waals surface area contributed by atoms with Gasteiger partial charge in [-0.15, -0.1) is 0 Å². The molecule has 0 spiro atoms. The molecule has 5 nitrogen and oxygen atoms in total. The summed E-state index contributed by atoms with van der Waals surface area (Å²) in [6.07, 6.45) is -4.32. The SMILES string of the molecule is CCC(O)C(O)C(O)C(O)C(CC)CO. The molecule has 0 heterocycles. The molecule has 0 bridgehead atoms. The molecule has 0 saturated heterocycles. The second-order valence-electron chi connectivity index (χ2n) is 3.80. The van der Waals surface area contributed by atoms with Gasteiger partial charge in [0.05, 0.1) is 12.2 Å². The van der Waals surface area contributed by atoms with Crippen molar-refractivity contribution in [1.82, 2.24) is 0 Å². The maximum Gasteiger partial charge on any atom is 0.109 e. The van der Waals surface area contributed by atoms with Crippen LogP contribution in [0.2, 0.25) is 0 Å². The van der Waals surface area contributed by atoms with Gasteiger partial charge in [0.15, 0.2) is 0 Å². The third-order valence-corrected chi connectivity index (χ3v) is 2.75. The highest BCUT2D eigenvalue weighted by molar-refractivity contribution is 4.83. The highest BCUT2D eigenvalue weighted by Crippen LogP contribution is 2.16. The molecular formula is C10H22O5. The minimum atomic E-state index is -1.43. The Morgan fingerprint density at radius 1 is 0.800 bits per heavy atom. The van der Waals surface area contributed by atoms with E-state index in [0.717, 1.165) is 0 Å². The van der Waals surface area contributed by atoms with E-state index in [2.05, 4.69) is 0 Å². The topological polar surface area (TPSA) is 101 Å². The van der Waals surface area contributed by atoms with Crippen LogP contribution >= 0.6 is 0 Å². The van der Waals surface area contributed by atoms with Crippen molar-refractivity contribution in [3.8, 4) is 0 Å². The Hall–Kier alpha value is -0.200. The van der Waals surface area contributed by atoms with E-state index in [1.807, 2.05) is 0 Å². The van der Waals surface area contributed by atoms with E-state index in [4.69, 9.17) is 5.11 Å². The fraction of sp³-hybridized carbons (Fsp3) is 1.00. The Labute approximate surface area is 90.0 Å². The minimum absolute atomic E-state index is 0.260. The average molecular weight is 222 g/mol. The van der Waals surface area contributed by atoms with Crippen LogP contribution in [0.4, 0.5) is 0 Å².